The van der Waals surface area contributed by atoms with Gasteiger partial charge in [0.2, 0.25) is 11.8 Å². The van der Waals surface area contributed by atoms with Crippen LogP contribution in [0.1, 0.15) is 30.4 Å². The number of amidine groups is 2. The summed E-state index contributed by atoms with van der Waals surface area (Å²) in [5.74, 6) is 0.167. The van der Waals surface area contributed by atoms with Crippen molar-refractivity contribution in [3.05, 3.63) is 65.7 Å². The van der Waals surface area contributed by atoms with Crippen molar-refractivity contribution in [3.8, 4) is 0 Å². The Morgan fingerprint density at radius 3 is 2.59 bits per heavy atom. The molecule has 2 heterocycles. The van der Waals surface area contributed by atoms with Crippen molar-refractivity contribution in [1.29, 1.82) is 0 Å². The first-order chi connectivity index (χ1) is 18.1. The van der Waals surface area contributed by atoms with Crippen molar-refractivity contribution in [2.75, 3.05) is 32.6 Å². The van der Waals surface area contributed by atoms with Gasteiger partial charge >= 0.3 is 0 Å². The summed E-state index contributed by atoms with van der Waals surface area (Å²) in [4.78, 5) is 48.8. The van der Waals surface area contributed by atoms with Crippen LogP contribution in [0.4, 0.5) is 5.69 Å². The number of carbonyl (C=O) groups excluding carboxylic acids is 3. The van der Waals surface area contributed by atoms with Gasteiger partial charge in [0.15, 0.2) is 5.17 Å². The van der Waals surface area contributed by atoms with Gasteiger partial charge in [0.1, 0.15) is 11.9 Å². The molecule has 0 bridgehead atoms. The van der Waals surface area contributed by atoms with E-state index in [4.69, 9.17) is 4.74 Å². The fourth-order valence-electron chi connectivity index (χ4n) is 4.06. The number of amides is 3. The lowest BCUT2D eigenvalue weighted by Gasteiger charge is -2.25. The zero-order chi connectivity index (χ0) is 26.0. The van der Waals surface area contributed by atoms with Crippen LogP contribution in [-0.2, 0) is 25.5 Å². The Balaban J connectivity index is 1.35. The van der Waals surface area contributed by atoms with Gasteiger partial charge in [-0.1, -0.05) is 54.2 Å². The quantitative estimate of drug-likeness (QED) is 0.417. The number of methoxy groups -OCH3 is 1. The SMILES string of the molecule is COCCCNC(=O)CSC1=Nc2ccccc2C2=N[C@H](CCC(=O)NCCc3ccccc3)C(=O)N12. The number of aliphatic imine (C=N–C) groups is 2. The smallest absolute Gasteiger partial charge is 0.259 e. The van der Waals surface area contributed by atoms with Gasteiger partial charge in [-0.3, -0.25) is 19.4 Å². The molecule has 0 aromatic heterocycles. The summed E-state index contributed by atoms with van der Waals surface area (Å²) in [6.45, 7) is 1.63. The lowest BCUT2D eigenvalue weighted by Crippen LogP contribution is -2.42. The van der Waals surface area contributed by atoms with Crippen LogP contribution < -0.4 is 10.6 Å². The molecule has 194 valence electrons. The molecule has 37 heavy (non-hydrogen) atoms. The molecule has 3 amide bonds. The van der Waals surface area contributed by atoms with Crippen molar-refractivity contribution >= 4 is 46.2 Å². The van der Waals surface area contributed by atoms with Gasteiger partial charge < -0.3 is 15.4 Å². The van der Waals surface area contributed by atoms with Crippen LogP contribution in [0, 0.1) is 0 Å². The summed E-state index contributed by atoms with van der Waals surface area (Å²) < 4.78 is 5.00. The number of thioether (sulfide) groups is 1. The predicted molar refractivity (Wildman–Crippen MR) is 145 cm³/mol. The fourth-order valence-corrected chi connectivity index (χ4v) is 4.89. The Morgan fingerprint density at radius 1 is 1.03 bits per heavy atom. The van der Waals surface area contributed by atoms with Crippen molar-refractivity contribution in [3.63, 3.8) is 0 Å². The minimum atomic E-state index is -0.672. The molecule has 10 heteroatoms. The highest BCUT2D eigenvalue weighted by atomic mass is 32.2. The third-order valence-corrected chi connectivity index (χ3v) is 6.89. The Kier molecular flexibility index (Phi) is 9.45. The number of ether oxygens (including phenoxy) is 1. The molecular formula is C27H31N5O4S. The van der Waals surface area contributed by atoms with Gasteiger partial charge in [0.25, 0.3) is 5.91 Å². The molecule has 0 fully saturated rings. The summed E-state index contributed by atoms with van der Waals surface area (Å²) in [6.07, 6.45) is 1.97. The summed E-state index contributed by atoms with van der Waals surface area (Å²) >= 11 is 1.20. The molecule has 2 aliphatic heterocycles. The van der Waals surface area contributed by atoms with Crippen LogP contribution in [0.25, 0.3) is 0 Å². The number of benzene rings is 2. The van der Waals surface area contributed by atoms with Crippen LogP contribution in [0.3, 0.4) is 0 Å². The average Bonchev–Trinajstić information content (AvgIpc) is 3.25. The molecule has 2 aromatic carbocycles. The van der Waals surface area contributed by atoms with Crippen molar-refractivity contribution in [1.82, 2.24) is 15.5 Å². The molecule has 0 spiro atoms. The number of hydrogen-bond acceptors (Lipinski definition) is 7. The number of nitrogens with zero attached hydrogens (tertiary/aromatic N) is 3. The van der Waals surface area contributed by atoms with Crippen LogP contribution >= 0.6 is 11.8 Å². The van der Waals surface area contributed by atoms with Crippen LogP contribution in [-0.4, -0.2) is 72.2 Å². The van der Waals surface area contributed by atoms with Crippen molar-refractivity contribution in [2.24, 2.45) is 9.98 Å². The highest BCUT2D eigenvalue weighted by Gasteiger charge is 2.41. The first-order valence-corrected chi connectivity index (χ1v) is 13.3. The number of nitrogens with one attached hydrogen (secondary N) is 2. The Morgan fingerprint density at radius 2 is 1.78 bits per heavy atom. The van der Waals surface area contributed by atoms with E-state index in [-0.39, 0.29) is 29.9 Å². The Hall–Kier alpha value is -3.50. The molecule has 0 aliphatic carbocycles. The van der Waals surface area contributed by atoms with E-state index in [1.165, 1.54) is 16.7 Å². The normalized spacial score (nSPS) is 16.0. The van der Waals surface area contributed by atoms with Crippen molar-refractivity contribution < 1.29 is 19.1 Å². The van der Waals surface area contributed by atoms with Crippen LogP contribution in [0.2, 0.25) is 0 Å². The topological polar surface area (TPSA) is 112 Å². The van der Waals surface area contributed by atoms with E-state index in [0.717, 1.165) is 24.0 Å². The summed E-state index contributed by atoms with van der Waals surface area (Å²) in [7, 11) is 1.62. The molecule has 4 rings (SSSR count). The van der Waals surface area contributed by atoms with Gasteiger partial charge in [0.05, 0.1) is 11.4 Å². The van der Waals surface area contributed by atoms with Crippen LogP contribution in [0.5, 0.6) is 0 Å². The second kappa shape index (κ2) is 13.2. The lowest BCUT2D eigenvalue weighted by molar-refractivity contribution is -0.125. The second-order valence-electron chi connectivity index (χ2n) is 8.66. The standard InChI is InChI=1S/C27H31N5O4S/c1-36-17-7-15-28-24(34)18-37-27-31-21-11-6-5-10-20(21)25-30-22(26(35)32(25)27)12-13-23(33)29-16-14-19-8-3-2-4-9-19/h2-6,8-11,22H,7,12-18H2,1H3,(H,28,34)(H,29,33)/t22-/m1/s1. The molecule has 0 saturated heterocycles. The Labute approximate surface area is 220 Å². The fraction of sp³-hybridized carbons (Fsp3) is 0.370. The van der Waals surface area contributed by atoms with E-state index in [1.54, 1.807) is 7.11 Å². The number of fused-ring (bicyclic) bond motifs is 3. The zero-order valence-corrected chi connectivity index (χ0v) is 21.6. The lowest BCUT2D eigenvalue weighted by atomic mass is 10.1. The summed E-state index contributed by atoms with van der Waals surface area (Å²) in [6, 6.07) is 16.8. The average molecular weight is 522 g/mol. The number of hydrogen-bond donors (Lipinski definition) is 2. The highest BCUT2D eigenvalue weighted by Crippen LogP contribution is 2.34. The molecule has 0 saturated carbocycles. The molecule has 0 unspecified atom stereocenters. The first kappa shape index (κ1) is 26.6. The minimum absolute atomic E-state index is 0.109. The van der Waals surface area contributed by atoms with Gasteiger partial charge in [0, 0.05) is 38.8 Å². The molecule has 1 atom stereocenters. The van der Waals surface area contributed by atoms with E-state index in [2.05, 4.69) is 20.6 Å². The van der Waals surface area contributed by atoms with E-state index < -0.39 is 6.04 Å². The number of para-hydroxylation sites is 1. The van der Waals surface area contributed by atoms with E-state index in [0.29, 0.717) is 42.8 Å². The maximum Gasteiger partial charge on any atom is 0.259 e. The van der Waals surface area contributed by atoms with E-state index in [9.17, 15) is 14.4 Å². The zero-order valence-electron chi connectivity index (χ0n) is 20.8. The maximum absolute atomic E-state index is 13.3. The molecule has 2 N–H and O–H groups in total. The van der Waals surface area contributed by atoms with E-state index >= 15 is 0 Å². The van der Waals surface area contributed by atoms with Gasteiger partial charge in [-0.05, 0) is 37.0 Å². The monoisotopic (exact) mass is 521 g/mol. The summed E-state index contributed by atoms with van der Waals surface area (Å²) in [5, 5.41) is 6.19. The number of rotatable bonds is 12. The molecule has 0 radical (unpaired) electrons. The third kappa shape index (κ3) is 7.05. The Bertz CT molecular complexity index is 1180. The summed E-state index contributed by atoms with van der Waals surface area (Å²) in [5.41, 5.74) is 2.62. The van der Waals surface area contributed by atoms with E-state index in [1.807, 2.05) is 54.6 Å². The largest absolute Gasteiger partial charge is 0.385 e. The van der Waals surface area contributed by atoms with Crippen LogP contribution in [0.15, 0.2) is 64.6 Å². The second-order valence-corrected chi connectivity index (χ2v) is 9.61. The van der Waals surface area contributed by atoms with Crippen molar-refractivity contribution in [2.45, 2.75) is 31.7 Å². The van der Waals surface area contributed by atoms with Gasteiger partial charge in [-0.2, -0.15) is 0 Å². The van der Waals surface area contributed by atoms with Gasteiger partial charge in [-0.25, -0.2) is 9.89 Å². The molecular weight excluding hydrogens is 490 g/mol. The van der Waals surface area contributed by atoms with Gasteiger partial charge in [-0.15, -0.1) is 0 Å². The number of carbonyl (C=O) groups is 3. The molecule has 2 aromatic rings. The molecule has 9 nitrogen and oxygen atoms in total. The first-order valence-electron chi connectivity index (χ1n) is 12.4. The maximum atomic E-state index is 13.3. The predicted octanol–water partition coefficient (Wildman–Crippen LogP) is 2.67. The third-order valence-electron chi connectivity index (χ3n) is 5.95. The highest BCUT2D eigenvalue weighted by molar-refractivity contribution is 8.14. The molecule has 2 aliphatic rings. The minimum Gasteiger partial charge on any atom is -0.385 e.